The Morgan fingerprint density at radius 2 is 2.05 bits per heavy atom. The highest BCUT2D eigenvalue weighted by molar-refractivity contribution is 6.31. The molecule has 0 unspecified atom stereocenters. The van der Waals surface area contributed by atoms with Crippen LogP contribution in [0, 0.1) is 18.3 Å². The number of anilines is 1. The molecule has 0 aliphatic carbocycles. The Balaban J connectivity index is 2.15. The third-order valence-electron chi connectivity index (χ3n) is 2.73. The van der Waals surface area contributed by atoms with E-state index in [1.54, 1.807) is 18.2 Å². The average Bonchev–Trinajstić information content (AvgIpc) is 2.40. The van der Waals surface area contributed by atoms with Crippen molar-refractivity contribution in [3.05, 3.63) is 58.1 Å². The van der Waals surface area contributed by atoms with Crippen LogP contribution in [0.2, 0.25) is 5.02 Å². The molecule has 4 heteroatoms. The molecule has 96 valence electrons. The normalized spacial score (nSPS) is 9.95. The highest BCUT2D eigenvalue weighted by atomic mass is 35.5. The quantitative estimate of drug-likeness (QED) is 0.867. The molecule has 0 spiro atoms. The molecule has 0 fully saturated rings. The van der Waals surface area contributed by atoms with Crippen molar-refractivity contribution in [1.82, 2.24) is 0 Å². The summed E-state index contributed by atoms with van der Waals surface area (Å²) in [5.41, 5.74) is 8.86. The molecule has 0 aromatic heterocycles. The molecule has 0 aliphatic rings. The number of hydrogen-bond donors (Lipinski definition) is 1. The third kappa shape index (κ3) is 3.18. The highest BCUT2D eigenvalue weighted by Gasteiger charge is 2.05. The van der Waals surface area contributed by atoms with Crippen LogP contribution in [0.4, 0.5) is 5.69 Å². The maximum atomic E-state index is 8.77. The zero-order valence-electron chi connectivity index (χ0n) is 10.5. The Morgan fingerprint density at radius 3 is 2.74 bits per heavy atom. The first-order chi connectivity index (χ1) is 9.10. The van der Waals surface area contributed by atoms with E-state index in [1.807, 2.05) is 31.2 Å². The van der Waals surface area contributed by atoms with Gasteiger partial charge in [-0.25, -0.2) is 0 Å². The number of ether oxygens (including phenoxy) is 1. The molecule has 0 saturated carbocycles. The molecule has 19 heavy (non-hydrogen) atoms. The van der Waals surface area contributed by atoms with Gasteiger partial charge in [-0.05, 0) is 36.8 Å². The Hall–Kier alpha value is -2.18. The van der Waals surface area contributed by atoms with Crippen molar-refractivity contribution < 1.29 is 4.74 Å². The molecule has 2 rings (SSSR count). The van der Waals surface area contributed by atoms with E-state index in [0.717, 1.165) is 11.1 Å². The number of hydrogen-bond acceptors (Lipinski definition) is 3. The van der Waals surface area contributed by atoms with Gasteiger partial charge in [-0.1, -0.05) is 23.7 Å². The minimum Gasteiger partial charge on any atom is -0.487 e. The van der Waals surface area contributed by atoms with E-state index in [-0.39, 0.29) is 0 Å². The Kier molecular flexibility index (Phi) is 3.94. The molecule has 3 nitrogen and oxygen atoms in total. The molecule has 0 heterocycles. The van der Waals surface area contributed by atoms with E-state index >= 15 is 0 Å². The number of nitrogens with two attached hydrogens (primary N) is 1. The number of halogens is 1. The van der Waals surface area contributed by atoms with Crippen LogP contribution in [0.3, 0.4) is 0 Å². The molecular weight excluding hydrogens is 260 g/mol. The minimum absolute atomic E-state index is 0.318. The molecule has 2 aromatic rings. The molecule has 0 radical (unpaired) electrons. The van der Waals surface area contributed by atoms with E-state index in [9.17, 15) is 0 Å². The maximum absolute atomic E-state index is 8.77. The predicted octanol–water partition coefficient (Wildman–Crippen LogP) is 3.68. The van der Waals surface area contributed by atoms with Crippen molar-refractivity contribution in [3.8, 4) is 11.8 Å². The predicted molar refractivity (Wildman–Crippen MR) is 76.1 cm³/mol. The molecule has 0 bridgehead atoms. The van der Waals surface area contributed by atoms with Crippen LogP contribution in [-0.2, 0) is 6.61 Å². The fourth-order valence-corrected chi connectivity index (χ4v) is 1.89. The van der Waals surface area contributed by atoms with Crippen LogP contribution >= 0.6 is 11.6 Å². The van der Waals surface area contributed by atoms with Gasteiger partial charge in [0.25, 0.3) is 0 Å². The zero-order chi connectivity index (χ0) is 13.8. The Morgan fingerprint density at radius 1 is 1.26 bits per heavy atom. The number of nitrogens with zero attached hydrogens (tertiary/aromatic N) is 1. The first-order valence-electron chi connectivity index (χ1n) is 5.77. The van der Waals surface area contributed by atoms with Crippen LogP contribution < -0.4 is 10.5 Å². The van der Waals surface area contributed by atoms with Gasteiger partial charge in [0.2, 0.25) is 0 Å². The number of nitrogen functional groups attached to an aromatic ring is 1. The van der Waals surface area contributed by atoms with Crippen molar-refractivity contribution in [3.63, 3.8) is 0 Å². The van der Waals surface area contributed by atoms with E-state index in [1.165, 1.54) is 0 Å². The van der Waals surface area contributed by atoms with Crippen LogP contribution in [0.25, 0.3) is 0 Å². The van der Waals surface area contributed by atoms with Crippen LogP contribution in [0.1, 0.15) is 16.7 Å². The SMILES string of the molecule is Cc1ccc(N)c(OCc2ccc(C#N)cc2Cl)c1. The topological polar surface area (TPSA) is 59.0 Å². The molecule has 0 aliphatic heterocycles. The zero-order valence-corrected chi connectivity index (χ0v) is 11.2. The summed E-state index contributed by atoms with van der Waals surface area (Å²) in [4.78, 5) is 0. The van der Waals surface area contributed by atoms with Gasteiger partial charge in [0.15, 0.2) is 0 Å². The van der Waals surface area contributed by atoms with Gasteiger partial charge in [0.05, 0.1) is 17.3 Å². The van der Waals surface area contributed by atoms with E-state index in [0.29, 0.717) is 28.6 Å². The summed E-state index contributed by atoms with van der Waals surface area (Å²) < 4.78 is 5.67. The van der Waals surface area contributed by atoms with Crippen molar-refractivity contribution >= 4 is 17.3 Å². The smallest absolute Gasteiger partial charge is 0.142 e. The second-order valence-electron chi connectivity index (χ2n) is 4.25. The van der Waals surface area contributed by atoms with Gasteiger partial charge >= 0.3 is 0 Å². The minimum atomic E-state index is 0.318. The Bertz CT molecular complexity index is 647. The lowest BCUT2D eigenvalue weighted by atomic mass is 10.1. The van der Waals surface area contributed by atoms with Crippen molar-refractivity contribution in [2.75, 3.05) is 5.73 Å². The molecule has 2 aromatic carbocycles. The van der Waals surface area contributed by atoms with Crippen LogP contribution in [-0.4, -0.2) is 0 Å². The average molecular weight is 273 g/mol. The first kappa shape index (κ1) is 13.3. The van der Waals surface area contributed by atoms with Gasteiger partial charge in [-0.2, -0.15) is 5.26 Å². The van der Waals surface area contributed by atoms with Gasteiger partial charge in [0, 0.05) is 10.6 Å². The van der Waals surface area contributed by atoms with E-state index in [2.05, 4.69) is 0 Å². The fourth-order valence-electron chi connectivity index (χ4n) is 1.66. The van der Waals surface area contributed by atoms with E-state index in [4.69, 9.17) is 27.3 Å². The monoisotopic (exact) mass is 272 g/mol. The van der Waals surface area contributed by atoms with Crippen molar-refractivity contribution in [2.24, 2.45) is 0 Å². The van der Waals surface area contributed by atoms with E-state index < -0.39 is 0 Å². The van der Waals surface area contributed by atoms with Crippen molar-refractivity contribution in [1.29, 1.82) is 5.26 Å². The lowest BCUT2D eigenvalue weighted by molar-refractivity contribution is 0.308. The summed E-state index contributed by atoms with van der Waals surface area (Å²) in [5.74, 6) is 0.639. The number of aryl methyl sites for hydroxylation is 1. The fraction of sp³-hybridized carbons (Fsp3) is 0.133. The summed E-state index contributed by atoms with van der Waals surface area (Å²) >= 11 is 6.08. The summed E-state index contributed by atoms with van der Waals surface area (Å²) in [7, 11) is 0. The largest absolute Gasteiger partial charge is 0.487 e. The summed E-state index contributed by atoms with van der Waals surface area (Å²) in [6.45, 7) is 2.29. The van der Waals surface area contributed by atoms with Gasteiger partial charge in [-0.3, -0.25) is 0 Å². The van der Waals surface area contributed by atoms with Crippen LogP contribution in [0.5, 0.6) is 5.75 Å². The number of benzene rings is 2. The molecular formula is C15H13ClN2O. The molecule has 0 saturated heterocycles. The molecule has 0 atom stereocenters. The van der Waals surface area contributed by atoms with Crippen molar-refractivity contribution in [2.45, 2.75) is 13.5 Å². The Labute approximate surface area is 117 Å². The standard InChI is InChI=1S/C15H13ClN2O/c1-10-2-5-14(18)15(6-10)19-9-12-4-3-11(8-17)7-13(12)16/h2-7H,9,18H2,1H3. The first-order valence-corrected chi connectivity index (χ1v) is 6.15. The maximum Gasteiger partial charge on any atom is 0.142 e. The highest BCUT2D eigenvalue weighted by Crippen LogP contribution is 2.25. The third-order valence-corrected chi connectivity index (χ3v) is 3.09. The lowest BCUT2D eigenvalue weighted by Gasteiger charge is -2.10. The second kappa shape index (κ2) is 5.64. The molecule has 2 N–H and O–H groups in total. The summed E-state index contributed by atoms with van der Waals surface area (Å²) in [6.07, 6.45) is 0. The van der Waals surface area contributed by atoms with Gasteiger partial charge in [-0.15, -0.1) is 0 Å². The summed E-state index contributed by atoms with van der Waals surface area (Å²) in [6, 6.07) is 12.8. The summed E-state index contributed by atoms with van der Waals surface area (Å²) in [5, 5.41) is 9.29. The number of nitriles is 1. The molecule has 0 amide bonds. The van der Waals surface area contributed by atoms with Gasteiger partial charge in [0.1, 0.15) is 12.4 Å². The number of rotatable bonds is 3. The van der Waals surface area contributed by atoms with Gasteiger partial charge < -0.3 is 10.5 Å². The van der Waals surface area contributed by atoms with Crippen LogP contribution in [0.15, 0.2) is 36.4 Å². The lowest BCUT2D eigenvalue weighted by Crippen LogP contribution is -2.00. The second-order valence-corrected chi connectivity index (χ2v) is 4.66.